The van der Waals surface area contributed by atoms with Gasteiger partial charge in [-0.15, -0.1) is 11.3 Å². The highest BCUT2D eigenvalue weighted by atomic mass is 32.2. The third-order valence-corrected chi connectivity index (χ3v) is 6.38. The fourth-order valence-corrected chi connectivity index (χ4v) is 4.65. The molecule has 0 fully saturated rings. The summed E-state index contributed by atoms with van der Waals surface area (Å²) >= 11 is 2.67. The van der Waals surface area contributed by atoms with E-state index >= 15 is 0 Å². The summed E-state index contributed by atoms with van der Waals surface area (Å²) in [5.41, 5.74) is 1.39. The lowest BCUT2D eigenvalue weighted by molar-refractivity contribution is -0.139. The number of para-hydroxylation sites is 1. The number of aliphatic imine (C=N–C) groups is 2. The van der Waals surface area contributed by atoms with Crippen LogP contribution in [0.2, 0.25) is 0 Å². The first kappa shape index (κ1) is 21.3. The number of amidine groups is 2. The zero-order valence-electron chi connectivity index (χ0n) is 16.7. The van der Waals surface area contributed by atoms with Crippen molar-refractivity contribution in [1.29, 1.82) is 0 Å². The molecule has 10 heteroatoms. The molecule has 4 rings (SSSR count). The molecule has 0 radical (unpaired) electrons. The Morgan fingerprint density at radius 2 is 2.10 bits per heavy atom. The zero-order chi connectivity index (χ0) is 21.8. The Morgan fingerprint density at radius 1 is 1.26 bits per heavy atom. The zero-order valence-corrected chi connectivity index (χ0v) is 18.4. The van der Waals surface area contributed by atoms with Crippen LogP contribution < -0.4 is 5.32 Å². The second-order valence-electron chi connectivity index (χ2n) is 6.71. The standard InChI is InChI=1S/C21H20N4O4S2/c1-2-29-18(27)12-31-21-24-15-8-4-3-7-14(15)19-23-16(20(28)25(19)21)10-17(26)22-11-13-6-5-9-30-13/h3-9,16H,2,10-12H2,1H3,(H,22,26)/t16-/m1/s1. The summed E-state index contributed by atoms with van der Waals surface area (Å²) in [6, 6.07) is 10.4. The van der Waals surface area contributed by atoms with Crippen molar-refractivity contribution in [3.63, 3.8) is 0 Å². The van der Waals surface area contributed by atoms with Crippen LogP contribution >= 0.6 is 23.1 Å². The normalized spacial score (nSPS) is 16.9. The van der Waals surface area contributed by atoms with Crippen LogP contribution in [-0.2, 0) is 25.7 Å². The molecule has 31 heavy (non-hydrogen) atoms. The van der Waals surface area contributed by atoms with Gasteiger partial charge < -0.3 is 10.1 Å². The minimum atomic E-state index is -0.835. The number of esters is 1. The highest BCUT2D eigenvalue weighted by Crippen LogP contribution is 2.34. The van der Waals surface area contributed by atoms with Gasteiger partial charge in [-0.2, -0.15) is 0 Å². The Bertz CT molecular complexity index is 1070. The molecule has 0 saturated carbocycles. The number of hydrogen-bond acceptors (Lipinski definition) is 8. The number of thiophene rings is 1. The van der Waals surface area contributed by atoms with Gasteiger partial charge >= 0.3 is 5.97 Å². The number of ether oxygens (including phenoxy) is 1. The van der Waals surface area contributed by atoms with E-state index in [1.54, 1.807) is 18.3 Å². The van der Waals surface area contributed by atoms with E-state index in [9.17, 15) is 14.4 Å². The summed E-state index contributed by atoms with van der Waals surface area (Å²) in [5, 5.41) is 5.13. The third-order valence-electron chi connectivity index (χ3n) is 4.59. The van der Waals surface area contributed by atoms with Crippen LogP contribution in [0.5, 0.6) is 0 Å². The molecule has 2 amide bonds. The second-order valence-corrected chi connectivity index (χ2v) is 8.68. The van der Waals surface area contributed by atoms with Crippen molar-refractivity contribution in [2.45, 2.75) is 25.9 Å². The van der Waals surface area contributed by atoms with Gasteiger partial charge in [0.1, 0.15) is 11.9 Å². The Kier molecular flexibility index (Phi) is 6.47. The molecular weight excluding hydrogens is 436 g/mol. The Hall–Kier alpha value is -2.98. The van der Waals surface area contributed by atoms with Gasteiger partial charge in [0.15, 0.2) is 5.17 Å². The van der Waals surface area contributed by atoms with Gasteiger partial charge in [-0.3, -0.25) is 19.4 Å². The quantitative estimate of drug-likeness (QED) is 0.646. The molecule has 0 bridgehead atoms. The molecule has 1 aromatic heterocycles. The van der Waals surface area contributed by atoms with E-state index in [1.165, 1.54) is 4.90 Å². The van der Waals surface area contributed by atoms with E-state index < -0.39 is 6.04 Å². The summed E-state index contributed by atoms with van der Waals surface area (Å²) in [4.78, 5) is 48.9. The molecule has 2 aromatic rings. The largest absolute Gasteiger partial charge is 0.465 e. The predicted octanol–water partition coefficient (Wildman–Crippen LogP) is 2.71. The van der Waals surface area contributed by atoms with Gasteiger partial charge in [-0.25, -0.2) is 9.89 Å². The molecule has 1 atom stereocenters. The molecule has 160 valence electrons. The van der Waals surface area contributed by atoms with Crippen LogP contribution in [0.3, 0.4) is 0 Å². The van der Waals surface area contributed by atoms with Crippen molar-refractivity contribution in [3.05, 3.63) is 52.2 Å². The number of nitrogens with one attached hydrogen (secondary N) is 1. The maximum absolute atomic E-state index is 13.1. The average molecular weight is 457 g/mol. The van der Waals surface area contributed by atoms with E-state index in [-0.39, 0.29) is 36.6 Å². The molecule has 3 heterocycles. The molecular formula is C21H20N4O4S2. The number of rotatable bonds is 7. The molecule has 0 aliphatic carbocycles. The Morgan fingerprint density at radius 3 is 2.87 bits per heavy atom. The van der Waals surface area contributed by atoms with Crippen molar-refractivity contribution >= 4 is 57.6 Å². The number of carbonyl (C=O) groups is 3. The summed E-state index contributed by atoms with van der Waals surface area (Å²) in [6.07, 6.45) is -0.0534. The van der Waals surface area contributed by atoms with Crippen LogP contribution in [0, 0.1) is 0 Å². The number of nitrogens with zero attached hydrogens (tertiary/aromatic N) is 3. The van der Waals surface area contributed by atoms with Gasteiger partial charge in [0.25, 0.3) is 5.91 Å². The van der Waals surface area contributed by atoms with Gasteiger partial charge in [0, 0.05) is 10.4 Å². The molecule has 0 spiro atoms. The number of benzene rings is 1. The van der Waals surface area contributed by atoms with E-state index in [4.69, 9.17) is 4.74 Å². The van der Waals surface area contributed by atoms with Gasteiger partial charge in [0.2, 0.25) is 5.91 Å². The van der Waals surface area contributed by atoms with Crippen molar-refractivity contribution < 1.29 is 19.1 Å². The van der Waals surface area contributed by atoms with E-state index in [1.807, 2.05) is 41.8 Å². The van der Waals surface area contributed by atoms with Crippen LogP contribution in [-0.4, -0.2) is 52.1 Å². The van der Waals surface area contributed by atoms with Crippen molar-refractivity contribution in [1.82, 2.24) is 10.2 Å². The highest BCUT2D eigenvalue weighted by Gasteiger charge is 2.42. The van der Waals surface area contributed by atoms with Crippen LogP contribution in [0.15, 0.2) is 51.8 Å². The highest BCUT2D eigenvalue weighted by molar-refractivity contribution is 8.14. The maximum Gasteiger partial charge on any atom is 0.316 e. The number of thioether (sulfide) groups is 1. The third kappa shape index (κ3) is 4.70. The van der Waals surface area contributed by atoms with Gasteiger partial charge in [-0.1, -0.05) is 30.0 Å². The lowest BCUT2D eigenvalue weighted by atomic mass is 10.1. The molecule has 2 aliphatic heterocycles. The van der Waals surface area contributed by atoms with Crippen molar-refractivity contribution in [2.24, 2.45) is 9.98 Å². The second kappa shape index (κ2) is 9.44. The van der Waals surface area contributed by atoms with E-state index in [0.29, 0.717) is 23.2 Å². The first-order chi connectivity index (χ1) is 15.1. The molecule has 0 unspecified atom stereocenters. The summed E-state index contributed by atoms with van der Waals surface area (Å²) in [7, 11) is 0. The predicted molar refractivity (Wildman–Crippen MR) is 121 cm³/mol. The molecule has 8 nitrogen and oxygen atoms in total. The summed E-state index contributed by atoms with van der Waals surface area (Å²) < 4.78 is 4.97. The SMILES string of the molecule is CCOC(=O)CSC1=Nc2ccccc2C2=N[C@H](CC(=O)NCc3cccs3)C(=O)N12. The van der Waals surface area contributed by atoms with Gasteiger partial charge in [0.05, 0.1) is 31.0 Å². The summed E-state index contributed by atoms with van der Waals surface area (Å²) in [5.74, 6) is -0.479. The number of carbonyl (C=O) groups excluding carboxylic acids is 3. The fraction of sp³-hybridized carbons (Fsp3) is 0.286. The smallest absolute Gasteiger partial charge is 0.316 e. The van der Waals surface area contributed by atoms with E-state index in [2.05, 4.69) is 15.3 Å². The first-order valence-electron chi connectivity index (χ1n) is 9.74. The Labute approximate surface area is 187 Å². The van der Waals surface area contributed by atoms with Crippen LogP contribution in [0.25, 0.3) is 0 Å². The topological polar surface area (TPSA) is 100 Å². The number of amides is 2. The number of fused-ring (bicyclic) bond motifs is 3. The minimum Gasteiger partial charge on any atom is -0.465 e. The van der Waals surface area contributed by atoms with Crippen LogP contribution in [0.1, 0.15) is 23.8 Å². The first-order valence-corrected chi connectivity index (χ1v) is 11.6. The average Bonchev–Trinajstić information content (AvgIpc) is 3.39. The lowest BCUT2D eigenvalue weighted by Gasteiger charge is -2.25. The van der Waals surface area contributed by atoms with Crippen molar-refractivity contribution in [3.8, 4) is 0 Å². The van der Waals surface area contributed by atoms with Gasteiger partial charge in [-0.05, 0) is 30.5 Å². The monoisotopic (exact) mass is 456 g/mol. The molecule has 1 aromatic carbocycles. The van der Waals surface area contributed by atoms with E-state index in [0.717, 1.165) is 22.2 Å². The molecule has 2 aliphatic rings. The summed E-state index contributed by atoms with van der Waals surface area (Å²) in [6.45, 7) is 2.44. The lowest BCUT2D eigenvalue weighted by Crippen LogP contribution is -2.42. The minimum absolute atomic E-state index is 0.0257. The number of hydrogen-bond donors (Lipinski definition) is 1. The Balaban J connectivity index is 1.51. The molecule has 1 N–H and O–H groups in total. The maximum atomic E-state index is 13.1. The molecule has 0 saturated heterocycles. The van der Waals surface area contributed by atoms with Crippen LogP contribution in [0.4, 0.5) is 5.69 Å². The fourth-order valence-electron chi connectivity index (χ4n) is 3.20. The van der Waals surface area contributed by atoms with Crippen molar-refractivity contribution in [2.75, 3.05) is 12.4 Å².